The number of fused-ring (bicyclic) bond motifs is 1. The number of rotatable bonds is 8. The van der Waals surface area contributed by atoms with Crippen LogP contribution in [0.25, 0.3) is 22.1 Å². The largest absolute Gasteiger partial charge is 0.489 e. The molecule has 1 heterocycles. The minimum atomic E-state index is -0.617. The summed E-state index contributed by atoms with van der Waals surface area (Å²) in [4.78, 5) is 0. The summed E-state index contributed by atoms with van der Waals surface area (Å²) in [6, 6.07) is 19.2. The van der Waals surface area contributed by atoms with Gasteiger partial charge in [-0.05, 0) is 58.5 Å². The lowest BCUT2D eigenvalue weighted by Gasteiger charge is -2.15. The Kier molecular flexibility index (Phi) is 6.35. The molecule has 4 N–H and O–H groups in total. The lowest BCUT2D eigenvalue weighted by atomic mass is 9.99. The van der Waals surface area contributed by atoms with E-state index in [2.05, 4.69) is 13.0 Å². The van der Waals surface area contributed by atoms with Gasteiger partial charge in [-0.15, -0.1) is 0 Å². The predicted octanol–water partition coefficient (Wildman–Crippen LogP) is 5.67. The van der Waals surface area contributed by atoms with Gasteiger partial charge in [-0.1, -0.05) is 43.3 Å². The number of hydrogen-bond acceptors (Lipinski definition) is 4. The number of benzene rings is 3. The summed E-state index contributed by atoms with van der Waals surface area (Å²) >= 11 is 0. The zero-order valence-electron chi connectivity index (χ0n) is 17.6. The van der Waals surface area contributed by atoms with Crippen molar-refractivity contribution in [2.45, 2.75) is 32.5 Å². The molecular formula is C26H27FN2O2. The highest BCUT2D eigenvalue weighted by atomic mass is 19.1. The van der Waals surface area contributed by atoms with Crippen molar-refractivity contribution < 1.29 is 13.5 Å². The fourth-order valence-corrected chi connectivity index (χ4v) is 3.82. The molecule has 0 aliphatic heterocycles. The molecule has 1 atom stereocenters. The summed E-state index contributed by atoms with van der Waals surface area (Å²) in [6.07, 6.45) is 2.55. The predicted molar refractivity (Wildman–Crippen MR) is 123 cm³/mol. The third kappa shape index (κ3) is 4.48. The molecule has 3 aromatic carbocycles. The van der Waals surface area contributed by atoms with Crippen LogP contribution in [0.15, 0.2) is 71.3 Å². The van der Waals surface area contributed by atoms with Crippen LogP contribution in [0.5, 0.6) is 5.75 Å². The highest BCUT2D eigenvalue weighted by Crippen LogP contribution is 2.34. The Labute approximate surface area is 181 Å². The van der Waals surface area contributed by atoms with Gasteiger partial charge < -0.3 is 20.6 Å². The molecule has 0 spiro atoms. The Balaban J connectivity index is 1.67. The van der Waals surface area contributed by atoms with E-state index in [0.717, 1.165) is 56.5 Å². The van der Waals surface area contributed by atoms with Crippen molar-refractivity contribution in [2.75, 3.05) is 6.67 Å². The van der Waals surface area contributed by atoms with Crippen LogP contribution >= 0.6 is 0 Å². The minimum absolute atomic E-state index is 0.377. The Bertz CT molecular complexity index is 1190. The van der Waals surface area contributed by atoms with Crippen LogP contribution < -0.4 is 16.2 Å². The van der Waals surface area contributed by atoms with Crippen molar-refractivity contribution in [1.82, 2.24) is 0 Å². The minimum Gasteiger partial charge on any atom is -0.489 e. The second-order valence-corrected chi connectivity index (χ2v) is 7.65. The van der Waals surface area contributed by atoms with Crippen molar-refractivity contribution in [2.24, 2.45) is 11.5 Å². The molecule has 31 heavy (non-hydrogen) atoms. The summed E-state index contributed by atoms with van der Waals surface area (Å²) < 4.78 is 25.0. The van der Waals surface area contributed by atoms with Crippen LogP contribution in [0.2, 0.25) is 0 Å². The fourth-order valence-electron chi connectivity index (χ4n) is 3.82. The zero-order valence-corrected chi connectivity index (χ0v) is 17.6. The summed E-state index contributed by atoms with van der Waals surface area (Å²) in [5.41, 5.74) is 18.5. The first-order chi connectivity index (χ1) is 15.1. The number of furan rings is 1. The van der Waals surface area contributed by atoms with Gasteiger partial charge in [0.1, 0.15) is 24.6 Å². The molecule has 0 aliphatic carbocycles. The van der Waals surface area contributed by atoms with Crippen LogP contribution in [0, 0.1) is 0 Å². The first-order valence-corrected chi connectivity index (χ1v) is 10.5. The molecule has 1 aromatic heterocycles. The molecular weight excluding hydrogens is 391 g/mol. The number of ether oxygens (including phenoxy) is 1. The van der Waals surface area contributed by atoms with Gasteiger partial charge in [0.05, 0.1) is 12.3 Å². The summed E-state index contributed by atoms with van der Waals surface area (Å²) in [5, 5.41) is 0.967. The third-order valence-corrected chi connectivity index (χ3v) is 5.60. The van der Waals surface area contributed by atoms with E-state index in [9.17, 15) is 4.39 Å². The van der Waals surface area contributed by atoms with E-state index in [1.807, 2.05) is 54.6 Å². The summed E-state index contributed by atoms with van der Waals surface area (Å²) in [5.74, 6) is 0.740. The molecule has 1 unspecified atom stereocenters. The zero-order chi connectivity index (χ0) is 21.8. The van der Waals surface area contributed by atoms with Crippen LogP contribution in [0.1, 0.15) is 35.2 Å². The van der Waals surface area contributed by atoms with Gasteiger partial charge in [0.15, 0.2) is 0 Å². The molecule has 0 aliphatic rings. The highest BCUT2D eigenvalue weighted by molar-refractivity contribution is 5.94. The van der Waals surface area contributed by atoms with Gasteiger partial charge in [0, 0.05) is 17.5 Å². The van der Waals surface area contributed by atoms with Crippen molar-refractivity contribution in [3.63, 3.8) is 0 Å². The van der Waals surface area contributed by atoms with Crippen LogP contribution in [0.3, 0.4) is 0 Å². The van der Waals surface area contributed by atoms with Gasteiger partial charge in [-0.2, -0.15) is 0 Å². The van der Waals surface area contributed by atoms with E-state index in [4.69, 9.17) is 20.6 Å². The lowest BCUT2D eigenvalue weighted by molar-refractivity contribution is 0.305. The normalized spacial score (nSPS) is 12.3. The topological polar surface area (TPSA) is 74.4 Å². The Morgan fingerprint density at radius 2 is 1.90 bits per heavy atom. The van der Waals surface area contributed by atoms with E-state index >= 15 is 0 Å². The number of nitrogens with two attached hydrogens (primary N) is 2. The van der Waals surface area contributed by atoms with E-state index in [-0.39, 0.29) is 0 Å². The second-order valence-electron chi connectivity index (χ2n) is 7.65. The van der Waals surface area contributed by atoms with Gasteiger partial charge in [0.2, 0.25) is 0 Å². The molecule has 5 heteroatoms. The lowest BCUT2D eigenvalue weighted by Crippen LogP contribution is -2.13. The first-order valence-electron chi connectivity index (χ1n) is 10.5. The van der Waals surface area contributed by atoms with Gasteiger partial charge in [0.25, 0.3) is 0 Å². The molecule has 0 bridgehead atoms. The van der Waals surface area contributed by atoms with E-state index in [0.29, 0.717) is 13.2 Å². The Morgan fingerprint density at radius 1 is 1.03 bits per heavy atom. The van der Waals surface area contributed by atoms with Crippen LogP contribution in [0.4, 0.5) is 4.39 Å². The van der Waals surface area contributed by atoms with Gasteiger partial charge >= 0.3 is 0 Å². The summed E-state index contributed by atoms with van der Waals surface area (Å²) in [7, 11) is 0. The molecule has 4 nitrogen and oxygen atoms in total. The van der Waals surface area contributed by atoms with Gasteiger partial charge in [-0.25, -0.2) is 4.39 Å². The molecule has 0 saturated heterocycles. The van der Waals surface area contributed by atoms with Crippen LogP contribution in [-0.4, -0.2) is 6.67 Å². The quantitative estimate of drug-likeness (QED) is 0.387. The second kappa shape index (κ2) is 9.33. The molecule has 0 radical (unpaired) electrons. The van der Waals surface area contributed by atoms with Gasteiger partial charge in [-0.3, -0.25) is 0 Å². The van der Waals surface area contributed by atoms with Crippen molar-refractivity contribution in [3.8, 4) is 16.9 Å². The molecule has 160 valence electrons. The van der Waals surface area contributed by atoms with E-state index < -0.39 is 12.7 Å². The molecule has 4 rings (SSSR count). The average molecular weight is 419 g/mol. The van der Waals surface area contributed by atoms with Crippen molar-refractivity contribution >= 4 is 11.0 Å². The van der Waals surface area contributed by atoms with Crippen LogP contribution in [-0.2, 0) is 19.6 Å². The van der Waals surface area contributed by atoms with Crippen molar-refractivity contribution in [3.05, 3.63) is 89.2 Å². The third-order valence-electron chi connectivity index (χ3n) is 5.60. The van der Waals surface area contributed by atoms with Crippen molar-refractivity contribution in [1.29, 1.82) is 0 Å². The monoisotopic (exact) mass is 418 g/mol. The highest BCUT2D eigenvalue weighted by Gasteiger charge is 2.13. The summed E-state index contributed by atoms with van der Waals surface area (Å²) in [6.45, 7) is 2.35. The smallest absolute Gasteiger partial charge is 0.141 e. The Hall–Kier alpha value is -3.15. The average Bonchev–Trinajstić information content (AvgIpc) is 3.30. The van der Waals surface area contributed by atoms with E-state index in [1.54, 1.807) is 6.26 Å². The number of aryl methyl sites for hydroxylation is 1. The van der Waals surface area contributed by atoms with E-state index in [1.165, 1.54) is 0 Å². The maximum Gasteiger partial charge on any atom is 0.141 e. The number of halogens is 1. The maximum atomic E-state index is 13.0. The SMILES string of the molecule is CCc1ccc(C(N)CF)cc1COc1cc(-c2cccc(CN)c2)c2occc2c1. The fraction of sp³-hybridized carbons (Fsp3) is 0.231. The number of alkyl halides is 1. The number of hydrogen-bond donors (Lipinski definition) is 2. The standard InChI is InChI=1S/C26H27FN2O2/c1-2-18-6-7-20(25(29)14-27)11-22(18)16-31-23-12-21-8-9-30-26(21)24(13-23)19-5-3-4-17(10-19)15-28/h3-13,25H,2,14-16,28-29H2,1H3. The molecule has 0 amide bonds. The Morgan fingerprint density at radius 3 is 2.68 bits per heavy atom. The molecule has 4 aromatic rings. The molecule has 0 fully saturated rings. The maximum absolute atomic E-state index is 13.0. The first kappa shape index (κ1) is 21.1. The molecule has 0 saturated carbocycles.